The normalized spacial score (nSPS) is 17.9. The monoisotopic (exact) mass is 331 g/mol. The summed E-state index contributed by atoms with van der Waals surface area (Å²) in [5.41, 5.74) is 10.2. The smallest absolute Gasteiger partial charge is 0.326 e. The summed E-state index contributed by atoms with van der Waals surface area (Å²) < 4.78 is 0. The van der Waals surface area contributed by atoms with Gasteiger partial charge in [0.15, 0.2) is 5.96 Å². The number of amides is 1. The Balaban J connectivity index is 0.000000422. The molecule has 0 bridgehead atoms. The minimum Gasteiger partial charge on any atom is -0.480 e. The minimum absolute atomic E-state index is 0.0418. The van der Waals surface area contributed by atoms with E-state index in [0.717, 1.165) is 0 Å². The molecule has 1 fully saturated rings. The highest BCUT2D eigenvalue weighted by Crippen LogP contribution is 2.17. The number of carboxylic acid groups (broad SMARTS) is 2. The van der Waals surface area contributed by atoms with Gasteiger partial charge in [0, 0.05) is 19.5 Å². The Kier molecular flexibility index (Phi) is 9.31. The number of carbonyl (C=O) groups is 3. The number of likely N-dealkylation sites (N-methyl/N-ethyl adjacent to an activating group) is 1. The second-order valence-electron chi connectivity index (χ2n) is 5.00. The van der Waals surface area contributed by atoms with Crippen LogP contribution < -0.4 is 16.8 Å². The molecule has 0 aromatic rings. The van der Waals surface area contributed by atoms with Crippen LogP contribution in [-0.2, 0) is 14.4 Å². The molecule has 2 atom stereocenters. The number of likely N-dealkylation sites (tertiary alicyclic amines) is 1. The van der Waals surface area contributed by atoms with Crippen LogP contribution in [0.2, 0.25) is 0 Å². The SMILES string of the molecule is CCN1C(=O)CCC1C(=O)O.N=C(N)NCCC[C@H](N)C(=O)O. The summed E-state index contributed by atoms with van der Waals surface area (Å²) >= 11 is 0. The molecule has 132 valence electrons. The highest BCUT2D eigenvalue weighted by Gasteiger charge is 2.34. The van der Waals surface area contributed by atoms with Crippen molar-refractivity contribution in [3.05, 3.63) is 0 Å². The third-order valence-corrected chi connectivity index (χ3v) is 3.28. The van der Waals surface area contributed by atoms with Gasteiger partial charge >= 0.3 is 11.9 Å². The fraction of sp³-hybridized carbons (Fsp3) is 0.692. The Labute approximate surface area is 134 Å². The van der Waals surface area contributed by atoms with Crippen LogP contribution in [-0.4, -0.2) is 64.1 Å². The van der Waals surface area contributed by atoms with Gasteiger partial charge in [-0.3, -0.25) is 15.0 Å². The van der Waals surface area contributed by atoms with E-state index in [0.29, 0.717) is 38.8 Å². The van der Waals surface area contributed by atoms with Crippen molar-refractivity contribution >= 4 is 23.8 Å². The zero-order valence-corrected chi connectivity index (χ0v) is 13.1. The summed E-state index contributed by atoms with van der Waals surface area (Å²) in [5.74, 6) is -2.05. The second kappa shape index (κ2) is 10.4. The molecule has 1 rings (SSSR count). The van der Waals surface area contributed by atoms with Gasteiger partial charge in [0.1, 0.15) is 12.1 Å². The summed E-state index contributed by atoms with van der Waals surface area (Å²) in [5, 5.41) is 26.4. The van der Waals surface area contributed by atoms with Crippen LogP contribution >= 0.6 is 0 Å². The van der Waals surface area contributed by atoms with Crippen LogP contribution in [0, 0.1) is 5.41 Å². The van der Waals surface area contributed by atoms with E-state index in [9.17, 15) is 14.4 Å². The Hall–Kier alpha value is -2.36. The maximum atomic E-state index is 11.0. The van der Waals surface area contributed by atoms with E-state index < -0.39 is 24.0 Å². The molecule has 23 heavy (non-hydrogen) atoms. The van der Waals surface area contributed by atoms with Gasteiger partial charge in [-0.05, 0) is 26.2 Å². The molecule has 1 unspecified atom stereocenters. The number of nitrogens with one attached hydrogen (secondary N) is 2. The van der Waals surface area contributed by atoms with Crippen molar-refractivity contribution in [2.75, 3.05) is 13.1 Å². The first-order valence-electron chi connectivity index (χ1n) is 7.29. The Morgan fingerprint density at radius 1 is 1.48 bits per heavy atom. The van der Waals surface area contributed by atoms with Crippen molar-refractivity contribution in [1.29, 1.82) is 5.41 Å². The number of carboxylic acids is 2. The van der Waals surface area contributed by atoms with Crippen LogP contribution in [0.15, 0.2) is 0 Å². The molecule has 1 heterocycles. The van der Waals surface area contributed by atoms with Gasteiger partial charge in [-0.2, -0.15) is 0 Å². The van der Waals surface area contributed by atoms with Gasteiger partial charge in [0.05, 0.1) is 0 Å². The first-order chi connectivity index (χ1) is 10.7. The topological polar surface area (TPSA) is 183 Å². The molecule has 1 amide bonds. The summed E-state index contributed by atoms with van der Waals surface area (Å²) in [6.07, 6.45) is 1.81. The van der Waals surface area contributed by atoms with Crippen molar-refractivity contribution < 1.29 is 24.6 Å². The van der Waals surface area contributed by atoms with Gasteiger partial charge in [0.25, 0.3) is 0 Å². The fourth-order valence-electron chi connectivity index (χ4n) is 2.06. The quantitative estimate of drug-likeness (QED) is 0.190. The van der Waals surface area contributed by atoms with Gasteiger partial charge < -0.3 is 31.9 Å². The number of carbonyl (C=O) groups excluding carboxylic acids is 1. The molecule has 0 saturated carbocycles. The van der Waals surface area contributed by atoms with E-state index in [1.165, 1.54) is 4.90 Å². The molecule has 0 aromatic heterocycles. The van der Waals surface area contributed by atoms with E-state index in [1.54, 1.807) is 6.92 Å². The third kappa shape index (κ3) is 8.00. The van der Waals surface area contributed by atoms with Crippen LogP contribution in [0.5, 0.6) is 0 Å². The predicted octanol–water partition coefficient (Wildman–Crippen LogP) is -1.26. The number of guanidine groups is 1. The summed E-state index contributed by atoms with van der Waals surface area (Å²) in [7, 11) is 0. The van der Waals surface area contributed by atoms with E-state index in [-0.39, 0.29) is 11.9 Å². The van der Waals surface area contributed by atoms with E-state index in [1.807, 2.05) is 0 Å². The summed E-state index contributed by atoms with van der Waals surface area (Å²) in [6.45, 7) is 2.77. The standard InChI is InChI=1S/C7H11NO3.C6H14N4O2/c1-2-8-5(7(10)11)3-4-6(8)9;7-4(5(11)12)2-1-3-10-6(8)9/h5H,2-4H2,1H3,(H,10,11);4H,1-3,7H2,(H,11,12)(H4,8,9,10)/t;4-/m.0/s1. The van der Waals surface area contributed by atoms with Crippen molar-refractivity contribution in [2.45, 2.75) is 44.7 Å². The lowest BCUT2D eigenvalue weighted by molar-refractivity contribution is -0.146. The van der Waals surface area contributed by atoms with Gasteiger partial charge in [0.2, 0.25) is 5.91 Å². The molecule has 8 N–H and O–H groups in total. The van der Waals surface area contributed by atoms with E-state index >= 15 is 0 Å². The Morgan fingerprint density at radius 3 is 2.48 bits per heavy atom. The molecule has 10 heteroatoms. The second-order valence-corrected chi connectivity index (χ2v) is 5.00. The van der Waals surface area contributed by atoms with Crippen molar-refractivity contribution in [3.8, 4) is 0 Å². The molecule has 0 spiro atoms. The highest BCUT2D eigenvalue weighted by molar-refractivity contribution is 5.87. The number of nitrogens with zero attached hydrogens (tertiary/aromatic N) is 1. The zero-order valence-electron chi connectivity index (χ0n) is 13.1. The molecule has 0 aliphatic carbocycles. The molecular formula is C13H25N5O5. The van der Waals surface area contributed by atoms with Crippen LogP contribution in [0.3, 0.4) is 0 Å². The molecule has 1 saturated heterocycles. The average molecular weight is 331 g/mol. The van der Waals surface area contributed by atoms with Gasteiger partial charge in [-0.25, -0.2) is 4.79 Å². The van der Waals surface area contributed by atoms with Crippen LogP contribution in [0.4, 0.5) is 0 Å². The highest BCUT2D eigenvalue weighted by atomic mass is 16.4. The molecular weight excluding hydrogens is 306 g/mol. The largest absolute Gasteiger partial charge is 0.480 e. The number of hydrogen-bond acceptors (Lipinski definition) is 5. The lowest BCUT2D eigenvalue weighted by Crippen LogP contribution is -2.38. The van der Waals surface area contributed by atoms with Crippen molar-refractivity contribution in [3.63, 3.8) is 0 Å². The maximum absolute atomic E-state index is 11.0. The lowest BCUT2D eigenvalue weighted by atomic mass is 10.2. The van der Waals surface area contributed by atoms with Gasteiger partial charge in [-0.1, -0.05) is 0 Å². The molecule has 10 nitrogen and oxygen atoms in total. The first-order valence-corrected chi connectivity index (χ1v) is 7.29. The lowest BCUT2D eigenvalue weighted by Gasteiger charge is -2.18. The van der Waals surface area contributed by atoms with Gasteiger partial charge in [-0.15, -0.1) is 0 Å². The van der Waals surface area contributed by atoms with Crippen LogP contribution in [0.25, 0.3) is 0 Å². The number of aliphatic carboxylic acids is 2. The minimum atomic E-state index is -1.00. The zero-order chi connectivity index (χ0) is 18.0. The average Bonchev–Trinajstić information content (AvgIpc) is 2.84. The number of nitrogens with two attached hydrogens (primary N) is 2. The maximum Gasteiger partial charge on any atom is 0.326 e. The third-order valence-electron chi connectivity index (χ3n) is 3.28. The molecule has 0 aromatic carbocycles. The van der Waals surface area contributed by atoms with Crippen LogP contribution in [0.1, 0.15) is 32.6 Å². The fourth-order valence-corrected chi connectivity index (χ4v) is 2.06. The summed E-state index contributed by atoms with van der Waals surface area (Å²) in [6, 6.07) is -1.40. The van der Waals surface area contributed by atoms with Crippen molar-refractivity contribution in [2.24, 2.45) is 11.5 Å². The number of hydrogen-bond donors (Lipinski definition) is 6. The van der Waals surface area contributed by atoms with E-state index in [2.05, 4.69) is 5.32 Å². The predicted molar refractivity (Wildman–Crippen MR) is 82.8 cm³/mol. The Morgan fingerprint density at radius 2 is 2.09 bits per heavy atom. The Bertz CT molecular complexity index is 442. The number of rotatable bonds is 7. The molecule has 1 aliphatic rings. The first kappa shape index (κ1) is 20.6. The molecule has 0 radical (unpaired) electrons. The van der Waals surface area contributed by atoms with E-state index in [4.69, 9.17) is 27.1 Å². The van der Waals surface area contributed by atoms with Crippen molar-refractivity contribution in [1.82, 2.24) is 10.2 Å². The summed E-state index contributed by atoms with van der Waals surface area (Å²) in [4.78, 5) is 33.1. The molecule has 1 aliphatic heterocycles.